The Morgan fingerprint density at radius 1 is 1.57 bits per heavy atom. The van der Waals surface area contributed by atoms with Crippen LogP contribution in [-0.4, -0.2) is 12.6 Å². The number of benzene rings is 1. The van der Waals surface area contributed by atoms with Crippen molar-refractivity contribution in [3.63, 3.8) is 0 Å². The lowest BCUT2D eigenvalue weighted by Crippen LogP contribution is -2.07. The lowest BCUT2D eigenvalue weighted by atomic mass is 10.2. The normalized spacial score (nSPS) is 9.00. The van der Waals surface area contributed by atoms with Gasteiger partial charge in [0.1, 0.15) is 5.82 Å². The Morgan fingerprint density at radius 3 is 2.79 bits per heavy atom. The Labute approximate surface area is 87.5 Å². The molecule has 14 heavy (non-hydrogen) atoms. The van der Waals surface area contributed by atoms with Gasteiger partial charge in [-0.15, -0.1) is 12.4 Å². The van der Waals surface area contributed by atoms with E-state index < -0.39 is 11.8 Å². The number of esters is 1. The Morgan fingerprint density at radius 2 is 2.21 bits per heavy atom. The highest BCUT2D eigenvalue weighted by molar-refractivity contribution is 5.90. The van der Waals surface area contributed by atoms with Crippen molar-refractivity contribution in [1.82, 2.24) is 0 Å². The highest BCUT2D eigenvalue weighted by Gasteiger charge is 2.12. The van der Waals surface area contributed by atoms with Gasteiger partial charge < -0.3 is 10.5 Å². The van der Waals surface area contributed by atoms with E-state index in [-0.39, 0.29) is 24.6 Å². The molecule has 0 radical (unpaired) electrons. The van der Waals surface area contributed by atoms with Gasteiger partial charge in [-0.05, 0) is 25.1 Å². The van der Waals surface area contributed by atoms with E-state index in [0.29, 0.717) is 5.69 Å². The number of carbonyl (C=O) groups is 1. The first-order valence-corrected chi connectivity index (χ1v) is 3.87. The van der Waals surface area contributed by atoms with E-state index in [1.54, 1.807) is 6.92 Å². The van der Waals surface area contributed by atoms with Crippen molar-refractivity contribution in [2.75, 3.05) is 12.3 Å². The summed E-state index contributed by atoms with van der Waals surface area (Å²) in [6, 6.07) is 3.78. The van der Waals surface area contributed by atoms with Crippen LogP contribution in [0, 0.1) is 5.82 Å². The SMILES string of the molecule is CCOC(=O)c1cc(N)ccc1F.Cl. The maximum absolute atomic E-state index is 13.0. The van der Waals surface area contributed by atoms with Crippen molar-refractivity contribution in [3.05, 3.63) is 29.6 Å². The van der Waals surface area contributed by atoms with Crippen LogP contribution in [0.5, 0.6) is 0 Å². The average molecular weight is 220 g/mol. The van der Waals surface area contributed by atoms with Crippen molar-refractivity contribution in [2.45, 2.75) is 6.92 Å². The zero-order valence-electron chi connectivity index (χ0n) is 7.62. The summed E-state index contributed by atoms with van der Waals surface area (Å²) in [5, 5.41) is 0. The van der Waals surface area contributed by atoms with Crippen molar-refractivity contribution < 1.29 is 13.9 Å². The summed E-state index contributed by atoms with van der Waals surface area (Å²) in [5.74, 6) is -1.31. The quantitative estimate of drug-likeness (QED) is 0.612. The summed E-state index contributed by atoms with van der Waals surface area (Å²) in [4.78, 5) is 11.1. The zero-order chi connectivity index (χ0) is 9.84. The summed E-state index contributed by atoms with van der Waals surface area (Å²) in [6.45, 7) is 1.87. The average Bonchev–Trinajstić information content (AvgIpc) is 2.09. The molecular weight excluding hydrogens is 209 g/mol. The molecule has 0 atom stereocenters. The number of hydrogen-bond acceptors (Lipinski definition) is 3. The summed E-state index contributed by atoms with van der Waals surface area (Å²) in [6.07, 6.45) is 0. The van der Waals surface area contributed by atoms with Gasteiger partial charge in [0, 0.05) is 5.69 Å². The van der Waals surface area contributed by atoms with E-state index in [1.807, 2.05) is 0 Å². The predicted octanol–water partition coefficient (Wildman–Crippen LogP) is 2.01. The van der Waals surface area contributed by atoms with Gasteiger partial charge in [0.05, 0.1) is 12.2 Å². The summed E-state index contributed by atoms with van der Waals surface area (Å²) < 4.78 is 17.6. The smallest absolute Gasteiger partial charge is 0.341 e. The van der Waals surface area contributed by atoms with Gasteiger partial charge in [0.15, 0.2) is 0 Å². The molecule has 0 bridgehead atoms. The standard InChI is InChI=1S/C9H10FNO2.ClH/c1-2-13-9(12)7-5-6(11)3-4-8(7)10;/h3-5H,2,11H2,1H3;1H. The molecule has 0 heterocycles. The molecule has 5 heteroatoms. The maximum atomic E-state index is 13.0. The lowest BCUT2D eigenvalue weighted by Gasteiger charge is -2.03. The fourth-order valence-corrected chi connectivity index (χ4v) is 0.908. The van der Waals surface area contributed by atoms with Gasteiger partial charge in [0.25, 0.3) is 0 Å². The molecule has 0 unspecified atom stereocenters. The third kappa shape index (κ3) is 2.88. The van der Waals surface area contributed by atoms with E-state index in [1.165, 1.54) is 12.1 Å². The summed E-state index contributed by atoms with van der Waals surface area (Å²) >= 11 is 0. The molecule has 0 aliphatic rings. The molecule has 0 saturated heterocycles. The highest BCUT2D eigenvalue weighted by atomic mass is 35.5. The molecule has 0 aliphatic heterocycles. The molecule has 0 aliphatic carbocycles. The fraction of sp³-hybridized carbons (Fsp3) is 0.222. The molecule has 1 aromatic rings. The van der Waals surface area contributed by atoms with Crippen LogP contribution >= 0.6 is 12.4 Å². The molecular formula is C9H11ClFNO2. The number of ether oxygens (including phenoxy) is 1. The number of halogens is 2. The fourth-order valence-electron chi connectivity index (χ4n) is 0.908. The second-order valence-corrected chi connectivity index (χ2v) is 2.46. The Balaban J connectivity index is 0.00000169. The topological polar surface area (TPSA) is 52.3 Å². The predicted molar refractivity (Wildman–Crippen MR) is 54.0 cm³/mol. The third-order valence-electron chi connectivity index (χ3n) is 1.49. The van der Waals surface area contributed by atoms with Crippen molar-refractivity contribution in [2.24, 2.45) is 0 Å². The molecule has 0 spiro atoms. The Hall–Kier alpha value is -1.29. The Bertz CT molecular complexity index is 331. The minimum atomic E-state index is -0.688. The van der Waals surface area contributed by atoms with E-state index in [4.69, 9.17) is 5.73 Å². The van der Waals surface area contributed by atoms with Crippen LogP contribution in [0.3, 0.4) is 0 Å². The van der Waals surface area contributed by atoms with Crippen LogP contribution in [-0.2, 0) is 4.74 Å². The lowest BCUT2D eigenvalue weighted by molar-refractivity contribution is 0.0521. The van der Waals surface area contributed by atoms with Crippen LogP contribution in [0.25, 0.3) is 0 Å². The van der Waals surface area contributed by atoms with Gasteiger partial charge in [-0.25, -0.2) is 9.18 Å². The van der Waals surface area contributed by atoms with Crippen molar-refractivity contribution >= 4 is 24.1 Å². The molecule has 0 aromatic heterocycles. The van der Waals surface area contributed by atoms with Gasteiger partial charge in [-0.1, -0.05) is 0 Å². The monoisotopic (exact) mass is 219 g/mol. The van der Waals surface area contributed by atoms with E-state index >= 15 is 0 Å². The molecule has 0 amide bonds. The minimum absolute atomic E-state index is 0. The van der Waals surface area contributed by atoms with Crippen LogP contribution < -0.4 is 5.73 Å². The molecule has 2 N–H and O–H groups in total. The number of anilines is 1. The second-order valence-electron chi connectivity index (χ2n) is 2.46. The van der Waals surface area contributed by atoms with Gasteiger partial charge in [-0.2, -0.15) is 0 Å². The van der Waals surface area contributed by atoms with Crippen molar-refractivity contribution in [3.8, 4) is 0 Å². The van der Waals surface area contributed by atoms with E-state index in [9.17, 15) is 9.18 Å². The number of nitrogen functional groups attached to an aromatic ring is 1. The number of hydrogen-bond donors (Lipinski definition) is 1. The first-order chi connectivity index (χ1) is 6.15. The van der Waals surface area contributed by atoms with Gasteiger partial charge in [-0.3, -0.25) is 0 Å². The number of carbonyl (C=O) groups excluding carboxylic acids is 1. The molecule has 0 fully saturated rings. The molecule has 78 valence electrons. The van der Waals surface area contributed by atoms with E-state index in [0.717, 1.165) is 6.07 Å². The van der Waals surface area contributed by atoms with E-state index in [2.05, 4.69) is 4.74 Å². The maximum Gasteiger partial charge on any atom is 0.341 e. The largest absolute Gasteiger partial charge is 0.462 e. The van der Waals surface area contributed by atoms with Crippen LogP contribution in [0.15, 0.2) is 18.2 Å². The number of rotatable bonds is 2. The van der Waals surface area contributed by atoms with Crippen molar-refractivity contribution in [1.29, 1.82) is 0 Å². The molecule has 1 rings (SSSR count). The highest BCUT2D eigenvalue weighted by Crippen LogP contribution is 2.12. The Kier molecular flexibility index (Phi) is 4.94. The third-order valence-corrected chi connectivity index (χ3v) is 1.49. The van der Waals surface area contributed by atoms with Gasteiger partial charge >= 0.3 is 5.97 Å². The first-order valence-electron chi connectivity index (χ1n) is 3.87. The molecule has 0 saturated carbocycles. The minimum Gasteiger partial charge on any atom is -0.462 e. The first kappa shape index (κ1) is 12.7. The van der Waals surface area contributed by atoms with Crippen LogP contribution in [0.4, 0.5) is 10.1 Å². The summed E-state index contributed by atoms with van der Waals surface area (Å²) in [5.41, 5.74) is 5.60. The number of nitrogens with two attached hydrogens (primary N) is 1. The molecule has 1 aromatic carbocycles. The van der Waals surface area contributed by atoms with Gasteiger partial charge in [0.2, 0.25) is 0 Å². The zero-order valence-corrected chi connectivity index (χ0v) is 8.44. The van der Waals surface area contributed by atoms with Crippen LogP contribution in [0.2, 0.25) is 0 Å². The van der Waals surface area contributed by atoms with Crippen LogP contribution in [0.1, 0.15) is 17.3 Å². The summed E-state index contributed by atoms with van der Waals surface area (Å²) in [7, 11) is 0. The second kappa shape index (κ2) is 5.44. The molecule has 3 nitrogen and oxygen atoms in total.